The van der Waals surface area contributed by atoms with Crippen molar-refractivity contribution in [2.45, 2.75) is 39.2 Å². The molecule has 0 aliphatic rings. The van der Waals surface area contributed by atoms with Crippen molar-refractivity contribution in [3.05, 3.63) is 41.4 Å². The molecule has 1 heterocycles. The zero-order valence-corrected chi connectivity index (χ0v) is 18.0. The highest BCUT2D eigenvalue weighted by Gasteiger charge is 2.12. The van der Waals surface area contributed by atoms with Gasteiger partial charge in [0.15, 0.2) is 0 Å². The maximum Gasteiger partial charge on any atom is 0.119 e. The van der Waals surface area contributed by atoms with Crippen molar-refractivity contribution in [3.8, 4) is 5.75 Å². The number of anilines is 1. The minimum atomic E-state index is 0.624. The molecular formula is C23H30ClN3O. The fourth-order valence-electron chi connectivity index (χ4n) is 3.61. The van der Waals surface area contributed by atoms with Gasteiger partial charge in [0.1, 0.15) is 5.75 Å². The van der Waals surface area contributed by atoms with Crippen LogP contribution in [0.1, 0.15) is 33.1 Å². The third-order valence-corrected chi connectivity index (χ3v) is 5.63. The Morgan fingerprint density at radius 1 is 1.14 bits per heavy atom. The molecule has 0 radical (unpaired) electrons. The van der Waals surface area contributed by atoms with Crippen LogP contribution in [0.25, 0.3) is 21.8 Å². The summed E-state index contributed by atoms with van der Waals surface area (Å²) in [5.74, 6) is 0.832. The molecule has 0 bridgehead atoms. The molecule has 4 nitrogen and oxygen atoms in total. The van der Waals surface area contributed by atoms with Gasteiger partial charge in [0, 0.05) is 28.4 Å². The number of halogens is 1. The Bertz CT molecular complexity index is 944. The molecule has 1 atom stereocenters. The maximum absolute atomic E-state index is 6.20. The summed E-state index contributed by atoms with van der Waals surface area (Å²) in [6.45, 7) is 6.52. The lowest BCUT2D eigenvalue weighted by Crippen LogP contribution is -2.30. The summed E-state index contributed by atoms with van der Waals surface area (Å²) in [6.07, 6.45) is 3.54. The molecule has 0 saturated carbocycles. The number of aromatic nitrogens is 1. The van der Waals surface area contributed by atoms with E-state index in [0.29, 0.717) is 11.1 Å². The van der Waals surface area contributed by atoms with Crippen molar-refractivity contribution >= 4 is 39.1 Å². The molecule has 0 fully saturated rings. The molecule has 3 aromatic rings. The topological polar surface area (TPSA) is 37.4 Å². The van der Waals surface area contributed by atoms with Crippen LogP contribution in [0.2, 0.25) is 5.02 Å². The molecule has 5 heteroatoms. The Balaban J connectivity index is 1.85. The average molecular weight is 400 g/mol. The van der Waals surface area contributed by atoms with Gasteiger partial charge in [-0.3, -0.25) is 0 Å². The third-order valence-electron chi connectivity index (χ3n) is 5.39. The molecule has 28 heavy (non-hydrogen) atoms. The molecule has 0 aliphatic carbocycles. The second kappa shape index (κ2) is 9.44. The molecule has 1 N–H and O–H groups in total. The van der Waals surface area contributed by atoms with Crippen LogP contribution in [0.15, 0.2) is 36.4 Å². The van der Waals surface area contributed by atoms with Crippen LogP contribution in [0.4, 0.5) is 5.69 Å². The molecule has 0 aliphatic heterocycles. The predicted molar refractivity (Wildman–Crippen MR) is 121 cm³/mol. The largest absolute Gasteiger partial charge is 0.497 e. The van der Waals surface area contributed by atoms with Gasteiger partial charge in [0.05, 0.1) is 23.8 Å². The van der Waals surface area contributed by atoms with Gasteiger partial charge in [0.25, 0.3) is 0 Å². The lowest BCUT2D eigenvalue weighted by Gasteiger charge is -2.24. The molecular weight excluding hydrogens is 370 g/mol. The first-order valence-electron chi connectivity index (χ1n) is 10.0. The van der Waals surface area contributed by atoms with E-state index in [2.05, 4.69) is 31.1 Å². The lowest BCUT2D eigenvalue weighted by atomic mass is 10.1. The maximum atomic E-state index is 6.20. The van der Waals surface area contributed by atoms with Gasteiger partial charge in [0.2, 0.25) is 0 Å². The van der Waals surface area contributed by atoms with Crippen molar-refractivity contribution in [1.29, 1.82) is 0 Å². The van der Waals surface area contributed by atoms with Gasteiger partial charge in [-0.1, -0.05) is 24.9 Å². The van der Waals surface area contributed by atoms with Crippen LogP contribution in [-0.4, -0.2) is 43.2 Å². The SMILES string of the molecule is CCCC(C)N(C)CCCNc1c2ccc(Cl)cc2nc2ccc(OC)cc12. The smallest absolute Gasteiger partial charge is 0.119 e. The van der Waals surface area contributed by atoms with Gasteiger partial charge in [-0.05, 0) is 69.8 Å². The molecule has 1 unspecified atom stereocenters. The summed E-state index contributed by atoms with van der Waals surface area (Å²) < 4.78 is 5.43. The average Bonchev–Trinajstić information content (AvgIpc) is 2.69. The van der Waals surface area contributed by atoms with E-state index in [1.807, 2.05) is 36.4 Å². The monoisotopic (exact) mass is 399 g/mol. The van der Waals surface area contributed by atoms with Crippen LogP contribution in [0.3, 0.4) is 0 Å². The molecule has 150 valence electrons. The van der Waals surface area contributed by atoms with E-state index < -0.39 is 0 Å². The lowest BCUT2D eigenvalue weighted by molar-refractivity contribution is 0.244. The normalized spacial score (nSPS) is 12.6. The number of hydrogen-bond donors (Lipinski definition) is 1. The summed E-state index contributed by atoms with van der Waals surface area (Å²) in [6, 6.07) is 12.5. The van der Waals surface area contributed by atoms with E-state index in [0.717, 1.165) is 52.8 Å². The molecule has 1 aromatic heterocycles. The first-order chi connectivity index (χ1) is 13.5. The number of hydrogen-bond acceptors (Lipinski definition) is 4. The first-order valence-corrected chi connectivity index (χ1v) is 10.4. The number of ether oxygens (including phenoxy) is 1. The Morgan fingerprint density at radius 2 is 1.96 bits per heavy atom. The third kappa shape index (κ3) is 4.68. The molecule has 0 saturated heterocycles. The minimum Gasteiger partial charge on any atom is -0.497 e. The Labute approximate surface area is 172 Å². The van der Waals surface area contributed by atoms with E-state index in [1.54, 1.807) is 7.11 Å². The number of methoxy groups -OCH3 is 1. The van der Waals surface area contributed by atoms with Gasteiger partial charge < -0.3 is 15.0 Å². The van der Waals surface area contributed by atoms with Crippen molar-refractivity contribution in [1.82, 2.24) is 9.88 Å². The number of pyridine rings is 1. The second-order valence-electron chi connectivity index (χ2n) is 7.43. The standard InChI is InChI=1S/C23H30ClN3O/c1-5-7-16(2)27(3)13-6-12-25-23-19-10-8-17(24)14-22(19)26-21-11-9-18(28-4)15-20(21)23/h8-11,14-16H,5-7,12-13H2,1-4H3,(H,25,26). The van der Waals surface area contributed by atoms with Gasteiger partial charge in [-0.2, -0.15) is 0 Å². The Kier molecular flexibility index (Phi) is 6.97. The Morgan fingerprint density at radius 3 is 2.71 bits per heavy atom. The van der Waals surface area contributed by atoms with E-state index in [-0.39, 0.29) is 0 Å². The number of rotatable bonds is 9. The summed E-state index contributed by atoms with van der Waals surface area (Å²) in [5.41, 5.74) is 2.94. The van der Waals surface area contributed by atoms with Crippen LogP contribution in [-0.2, 0) is 0 Å². The van der Waals surface area contributed by atoms with Gasteiger partial charge in [-0.15, -0.1) is 0 Å². The molecule has 0 spiro atoms. The number of nitrogens with one attached hydrogen (secondary N) is 1. The number of fused-ring (bicyclic) bond motifs is 2. The van der Waals surface area contributed by atoms with Crippen LogP contribution >= 0.6 is 11.6 Å². The molecule has 3 rings (SSSR count). The Hall–Kier alpha value is -2.04. The second-order valence-corrected chi connectivity index (χ2v) is 7.87. The zero-order chi connectivity index (χ0) is 20.1. The van der Waals surface area contributed by atoms with Gasteiger partial charge in [-0.25, -0.2) is 4.98 Å². The number of nitrogens with zero attached hydrogens (tertiary/aromatic N) is 2. The van der Waals surface area contributed by atoms with E-state index in [4.69, 9.17) is 21.3 Å². The summed E-state index contributed by atoms with van der Waals surface area (Å²) in [7, 11) is 3.90. The van der Waals surface area contributed by atoms with Gasteiger partial charge >= 0.3 is 0 Å². The quantitative estimate of drug-likeness (QED) is 0.355. The molecule has 0 amide bonds. The fraction of sp³-hybridized carbons (Fsp3) is 0.435. The summed E-state index contributed by atoms with van der Waals surface area (Å²) in [5, 5.41) is 6.51. The highest BCUT2D eigenvalue weighted by Crippen LogP contribution is 2.34. The van der Waals surface area contributed by atoms with Crippen molar-refractivity contribution in [2.75, 3.05) is 32.6 Å². The van der Waals surface area contributed by atoms with Crippen molar-refractivity contribution < 1.29 is 4.74 Å². The minimum absolute atomic E-state index is 0.624. The highest BCUT2D eigenvalue weighted by molar-refractivity contribution is 6.31. The first kappa shape index (κ1) is 20.7. The summed E-state index contributed by atoms with van der Waals surface area (Å²) in [4.78, 5) is 7.23. The summed E-state index contributed by atoms with van der Waals surface area (Å²) >= 11 is 6.20. The van der Waals surface area contributed by atoms with Crippen molar-refractivity contribution in [3.63, 3.8) is 0 Å². The van der Waals surface area contributed by atoms with E-state index in [9.17, 15) is 0 Å². The molecule has 2 aromatic carbocycles. The zero-order valence-electron chi connectivity index (χ0n) is 17.3. The van der Waals surface area contributed by atoms with Crippen LogP contribution < -0.4 is 10.1 Å². The van der Waals surface area contributed by atoms with Crippen LogP contribution in [0.5, 0.6) is 5.75 Å². The van der Waals surface area contributed by atoms with Crippen LogP contribution in [0, 0.1) is 0 Å². The van der Waals surface area contributed by atoms with E-state index >= 15 is 0 Å². The van der Waals surface area contributed by atoms with E-state index in [1.165, 1.54) is 12.8 Å². The van der Waals surface area contributed by atoms with Crippen molar-refractivity contribution in [2.24, 2.45) is 0 Å². The number of benzene rings is 2. The fourth-order valence-corrected chi connectivity index (χ4v) is 3.78. The highest BCUT2D eigenvalue weighted by atomic mass is 35.5. The predicted octanol–water partition coefficient (Wildman–Crippen LogP) is 5.97.